The van der Waals surface area contributed by atoms with Crippen LogP contribution in [0.25, 0.3) is 0 Å². The van der Waals surface area contributed by atoms with Gasteiger partial charge in [0.2, 0.25) is 0 Å². The molecule has 0 radical (unpaired) electrons. The van der Waals surface area contributed by atoms with Crippen LogP contribution in [0.3, 0.4) is 0 Å². The van der Waals surface area contributed by atoms with Crippen LogP contribution >= 0.6 is 0 Å². The van der Waals surface area contributed by atoms with Gasteiger partial charge in [-0.2, -0.15) is 0 Å². The molecule has 0 aromatic heterocycles. The molecule has 15 heavy (non-hydrogen) atoms. The van der Waals surface area contributed by atoms with Crippen LogP contribution in [-0.4, -0.2) is 18.9 Å². The third-order valence-corrected chi connectivity index (χ3v) is 2.47. The molecule has 0 aliphatic heterocycles. The van der Waals surface area contributed by atoms with Gasteiger partial charge in [-0.3, -0.25) is 0 Å². The van der Waals surface area contributed by atoms with Crippen molar-refractivity contribution < 1.29 is 14.3 Å². The largest absolute Gasteiger partial charge is 0.508 e. The minimum atomic E-state index is -0.550. The first-order valence-corrected chi connectivity index (χ1v) is 5.83. The zero-order valence-electron chi connectivity index (χ0n) is 9.41. The first-order chi connectivity index (χ1) is 7.33. The lowest BCUT2D eigenvalue weighted by Crippen LogP contribution is -2.17. The van der Waals surface area contributed by atoms with Crippen LogP contribution in [-0.2, 0) is 9.47 Å². The molecule has 0 aromatic carbocycles. The second-order valence-electron chi connectivity index (χ2n) is 3.76. The molecule has 0 bridgehead atoms. The Morgan fingerprint density at radius 1 is 1.33 bits per heavy atom. The highest BCUT2D eigenvalue weighted by Crippen LogP contribution is 2.14. The predicted molar refractivity (Wildman–Crippen MR) is 58.7 cm³/mol. The van der Waals surface area contributed by atoms with E-state index in [-0.39, 0.29) is 6.10 Å². The molecule has 0 saturated heterocycles. The fraction of sp³-hybridized carbons (Fsp3) is 0.750. The minimum absolute atomic E-state index is 0.0952. The average molecular weight is 212 g/mol. The molecule has 0 N–H and O–H groups in total. The lowest BCUT2D eigenvalue weighted by atomic mass is 10.1. The molecule has 1 aliphatic rings. The number of rotatable bonds is 2. The van der Waals surface area contributed by atoms with Crippen molar-refractivity contribution in [2.45, 2.75) is 51.6 Å². The third kappa shape index (κ3) is 5.45. The Balaban J connectivity index is 2.35. The lowest BCUT2D eigenvalue weighted by molar-refractivity contribution is 0.0376. The Kier molecular flexibility index (Phi) is 5.90. The predicted octanol–water partition coefficient (Wildman–Crippen LogP) is 3.44. The monoisotopic (exact) mass is 212 g/mol. The van der Waals surface area contributed by atoms with E-state index in [0.29, 0.717) is 6.61 Å². The molecule has 0 aromatic rings. The van der Waals surface area contributed by atoms with Gasteiger partial charge in [-0.15, -0.1) is 0 Å². The van der Waals surface area contributed by atoms with Gasteiger partial charge in [0.25, 0.3) is 0 Å². The molecule has 0 saturated carbocycles. The van der Waals surface area contributed by atoms with Crippen LogP contribution in [0.4, 0.5) is 4.79 Å². The van der Waals surface area contributed by atoms with Crippen molar-refractivity contribution in [3.63, 3.8) is 0 Å². The lowest BCUT2D eigenvalue weighted by Gasteiger charge is -2.12. The van der Waals surface area contributed by atoms with E-state index >= 15 is 0 Å². The summed E-state index contributed by atoms with van der Waals surface area (Å²) in [7, 11) is 0. The van der Waals surface area contributed by atoms with E-state index in [1.165, 1.54) is 19.3 Å². The second-order valence-corrected chi connectivity index (χ2v) is 3.76. The molecular formula is C12H20O3. The van der Waals surface area contributed by atoms with E-state index < -0.39 is 6.16 Å². The number of ether oxygens (including phenoxy) is 2. The topological polar surface area (TPSA) is 35.5 Å². The molecule has 0 fully saturated rings. The SMILES string of the molecule is CCOC(=O)OC1C=CCCCCCC1. The minimum Gasteiger partial charge on any atom is -0.435 e. The van der Waals surface area contributed by atoms with Gasteiger partial charge in [-0.05, 0) is 38.7 Å². The Morgan fingerprint density at radius 3 is 2.93 bits per heavy atom. The summed E-state index contributed by atoms with van der Waals surface area (Å²) >= 11 is 0. The van der Waals surface area contributed by atoms with Gasteiger partial charge in [0.1, 0.15) is 6.10 Å². The Labute approximate surface area is 91.4 Å². The van der Waals surface area contributed by atoms with Crippen LogP contribution in [0.2, 0.25) is 0 Å². The average Bonchev–Trinajstić information content (AvgIpc) is 2.32. The molecule has 3 nitrogen and oxygen atoms in total. The molecule has 3 heteroatoms. The molecule has 0 spiro atoms. The Bertz CT molecular complexity index is 211. The molecular weight excluding hydrogens is 192 g/mol. The quantitative estimate of drug-likeness (QED) is 0.519. The van der Waals surface area contributed by atoms with Crippen molar-refractivity contribution in [3.8, 4) is 0 Å². The summed E-state index contributed by atoms with van der Waals surface area (Å²) in [6.07, 6.45) is 10.3. The third-order valence-electron chi connectivity index (χ3n) is 2.47. The highest BCUT2D eigenvalue weighted by atomic mass is 16.7. The summed E-state index contributed by atoms with van der Waals surface area (Å²) in [6, 6.07) is 0. The second kappa shape index (κ2) is 7.32. The smallest absolute Gasteiger partial charge is 0.435 e. The van der Waals surface area contributed by atoms with Gasteiger partial charge in [-0.25, -0.2) is 4.79 Å². The Hall–Kier alpha value is -0.990. The summed E-state index contributed by atoms with van der Waals surface area (Å²) in [5, 5.41) is 0. The van der Waals surface area contributed by atoms with E-state index in [4.69, 9.17) is 9.47 Å². The summed E-state index contributed by atoms with van der Waals surface area (Å²) < 4.78 is 9.93. The molecule has 0 amide bonds. The number of carbonyl (C=O) groups excluding carboxylic acids is 1. The van der Waals surface area contributed by atoms with Crippen LogP contribution in [0.1, 0.15) is 45.4 Å². The maximum absolute atomic E-state index is 11.1. The van der Waals surface area contributed by atoms with E-state index in [0.717, 1.165) is 19.3 Å². The van der Waals surface area contributed by atoms with Gasteiger partial charge in [-0.1, -0.05) is 18.9 Å². The van der Waals surface area contributed by atoms with Gasteiger partial charge < -0.3 is 9.47 Å². The molecule has 0 heterocycles. The van der Waals surface area contributed by atoms with Gasteiger partial charge in [0.15, 0.2) is 0 Å². The fourth-order valence-electron chi connectivity index (χ4n) is 1.68. The van der Waals surface area contributed by atoms with Crippen molar-refractivity contribution in [2.24, 2.45) is 0 Å². The van der Waals surface area contributed by atoms with E-state index in [1.54, 1.807) is 6.92 Å². The number of allylic oxidation sites excluding steroid dienone is 1. The fourth-order valence-corrected chi connectivity index (χ4v) is 1.68. The zero-order chi connectivity index (χ0) is 10.9. The first-order valence-electron chi connectivity index (χ1n) is 5.83. The van der Waals surface area contributed by atoms with Crippen LogP contribution in [0.5, 0.6) is 0 Å². The highest BCUT2D eigenvalue weighted by Gasteiger charge is 2.12. The van der Waals surface area contributed by atoms with Gasteiger partial charge >= 0.3 is 6.16 Å². The molecule has 1 aliphatic carbocycles. The normalized spacial score (nSPS) is 22.3. The van der Waals surface area contributed by atoms with Crippen LogP contribution < -0.4 is 0 Å². The maximum atomic E-state index is 11.1. The van der Waals surface area contributed by atoms with Crippen molar-refractivity contribution in [1.82, 2.24) is 0 Å². The molecule has 1 rings (SSSR count). The summed E-state index contributed by atoms with van der Waals surface area (Å²) in [6.45, 7) is 2.15. The van der Waals surface area contributed by atoms with Gasteiger partial charge in [0, 0.05) is 0 Å². The zero-order valence-corrected chi connectivity index (χ0v) is 9.41. The number of carbonyl (C=O) groups is 1. The van der Waals surface area contributed by atoms with Crippen LogP contribution in [0.15, 0.2) is 12.2 Å². The maximum Gasteiger partial charge on any atom is 0.508 e. The van der Waals surface area contributed by atoms with Crippen molar-refractivity contribution in [1.29, 1.82) is 0 Å². The highest BCUT2D eigenvalue weighted by molar-refractivity contribution is 5.60. The van der Waals surface area contributed by atoms with Crippen LogP contribution in [0, 0.1) is 0 Å². The van der Waals surface area contributed by atoms with Crippen molar-refractivity contribution in [2.75, 3.05) is 6.61 Å². The first kappa shape index (κ1) is 12.1. The number of hydrogen-bond acceptors (Lipinski definition) is 3. The molecule has 1 unspecified atom stereocenters. The van der Waals surface area contributed by atoms with Crippen molar-refractivity contribution >= 4 is 6.16 Å². The summed E-state index contributed by atoms with van der Waals surface area (Å²) in [5.41, 5.74) is 0. The Morgan fingerprint density at radius 2 is 2.13 bits per heavy atom. The summed E-state index contributed by atoms with van der Waals surface area (Å²) in [4.78, 5) is 11.1. The van der Waals surface area contributed by atoms with E-state index in [2.05, 4.69) is 6.08 Å². The molecule has 86 valence electrons. The number of hydrogen-bond donors (Lipinski definition) is 0. The van der Waals surface area contributed by atoms with Gasteiger partial charge in [0.05, 0.1) is 6.61 Å². The van der Waals surface area contributed by atoms with E-state index in [9.17, 15) is 4.79 Å². The standard InChI is InChI=1S/C12H20O3/c1-2-14-12(13)15-11-9-7-5-3-4-6-8-10-11/h7,9,11H,2-6,8,10H2,1H3. The van der Waals surface area contributed by atoms with E-state index in [1.807, 2.05) is 6.08 Å². The van der Waals surface area contributed by atoms with Crippen molar-refractivity contribution in [3.05, 3.63) is 12.2 Å². The molecule has 1 atom stereocenters. The summed E-state index contributed by atoms with van der Waals surface area (Å²) in [5.74, 6) is 0.